The second-order valence-electron chi connectivity index (χ2n) is 9.09. The van der Waals surface area contributed by atoms with Crippen molar-refractivity contribution in [2.75, 3.05) is 0 Å². The van der Waals surface area contributed by atoms with E-state index >= 15 is 0 Å². The van der Waals surface area contributed by atoms with Crippen LogP contribution in [0.15, 0.2) is 0 Å². The van der Waals surface area contributed by atoms with Gasteiger partial charge in [0.05, 0.1) is 0 Å². The van der Waals surface area contributed by atoms with Gasteiger partial charge < -0.3 is 0 Å². The molecule has 0 aliphatic heterocycles. The van der Waals surface area contributed by atoms with E-state index in [1.807, 2.05) is 13.8 Å². The van der Waals surface area contributed by atoms with Crippen LogP contribution in [0, 0.1) is 22.7 Å². The Morgan fingerprint density at radius 3 is 1.04 bits per heavy atom. The van der Waals surface area contributed by atoms with E-state index in [1.54, 1.807) is 41.5 Å². The van der Waals surface area contributed by atoms with Gasteiger partial charge in [-0.1, -0.05) is 68.2 Å². The van der Waals surface area contributed by atoms with Crippen LogP contribution < -0.4 is 0 Å². The quantitative estimate of drug-likeness (QED) is 0.585. The first-order valence-electron chi connectivity index (χ1n) is 8.83. The van der Waals surface area contributed by atoms with Crippen molar-refractivity contribution in [3.8, 4) is 0 Å². The van der Waals surface area contributed by atoms with Crippen molar-refractivity contribution in [3.05, 3.63) is 0 Å². The molecule has 0 rings (SSSR count). The van der Waals surface area contributed by atoms with E-state index in [2.05, 4.69) is 0 Å². The van der Waals surface area contributed by atoms with E-state index in [0.29, 0.717) is 12.8 Å². The molecule has 2 unspecified atom stereocenters. The second kappa shape index (κ2) is 7.82. The summed E-state index contributed by atoms with van der Waals surface area (Å²) in [5, 5.41) is 0. The smallest absolute Gasteiger partial charge is 0.284 e. The molecule has 0 aromatic heterocycles. The van der Waals surface area contributed by atoms with Crippen LogP contribution in [0.4, 0.5) is 0 Å². The molecule has 2 atom stereocenters. The molecule has 25 heavy (non-hydrogen) atoms. The molecule has 0 fully saturated rings. The van der Waals surface area contributed by atoms with Gasteiger partial charge in [0, 0.05) is 11.8 Å². The Bertz CT molecular complexity index is 578. The molecule has 0 bridgehead atoms. The molecule has 0 aromatic carbocycles. The fraction of sp³-hybridized carbons (Fsp3) is 1.00. The molecule has 0 saturated carbocycles. The largest absolute Gasteiger partial charge is 0.288 e. The normalized spacial score (nSPS) is 17.4. The van der Waals surface area contributed by atoms with Crippen LogP contribution in [0.3, 0.4) is 0 Å². The fourth-order valence-corrected chi connectivity index (χ4v) is 8.54. The maximum absolute atomic E-state index is 12.6. The Morgan fingerprint density at radius 2 is 0.920 bits per heavy atom. The zero-order chi connectivity index (χ0) is 20.5. The SMILES string of the molecule is CCCC(C(C)(C)C)C(C(CCC)C(C)(C)C)(S(=O)(=O)O)S(=O)(=O)O. The van der Waals surface area contributed by atoms with Crippen LogP contribution in [0.2, 0.25) is 0 Å². The van der Waals surface area contributed by atoms with Crippen molar-refractivity contribution in [1.29, 1.82) is 0 Å². The van der Waals surface area contributed by atoms with E-state index in [0.717, 1.165) is 0 Å². The lowest BCUT2D eigenvalue weighted by molar-refractivity contribution is 0.0910. The van der Waals surface area contributed by atoms with Gasteiger partial charge in [-0.15, -0.1) is 0 Å². The Labute approximate surface area is 154 Å². The molecular formula is C17H36O6S2. The van der Waals surface area contributed by atoms with Crippen LogP contribution in [0.25, 0.3) is 0 Å². The fourth-order valence-electron chi connectivity index (χ4n) is 4.15. The van der Waals surface area contributed by atoms with Crippen LogP contribution in [-0.4, -0.2) is 30.0 Å². The van der Waals surface area contributed by atoms with E-state index in [1.165, 1.54) is 0 Å². The summed E-state index contributed by atoms with van der Waals surface area (Å²) in [7, 11) is -10.3. The van der Waals surface area contributed by atoms with E-state index in [-0.39, 0.29) is 12.8 Å². The van der Waals surface area contributed by atoms with Gasteiger partial charge in [-0.25, -0.2) is 0 Å². The maximum atomic E-state index is 12.6. The molecule has 2 N–H and O–H groups in total. The molecule has 6 nitrogen and oxygen atoms in total. The highest BCUT2D eigenvalue weighted by Crippen LogP contribution is 2.55. The predicted octanol–water partition coefficient (Wildman–Crippen LogP) is 4.38. The average molecular weight is 401 g/mol. The Kier molecular flexibility index (Phi) is 7.77. The number of hydrogen-bond donors (Lipinski definition) is 2. The molecule has 0 heterocycles. The molecule has 0 aliphatic carbocycles. The lowest BCUT2D eigenvalue weighted by Gasteiger charge is -2.50. The van der Waals surface area contributed by atoms with Crippen molar-refractivity contribution in [2.45, 2.75) is 85.2 Å². The highest BCUT2D eigenvalue weighted by molar-refractivity contribution is 8.05. The summed E-state index contributed by atoms with van der Waals surface area (Å²) in [6, 6.07) is 0. The Morgan fingerprint density at radius 1 is 0.680 bits per heavy atom. The summed E-state index contributed by atoms with van der Waals surface area (Å²) >= 11 is 0. The van der Waals surface area contributed by atoms with Crippen LogP contribution in [0.5, 0.6) is 0 Å². The third kappa shape index (κ3) is 4.96. The first kappa shape index (κ1) is 24.8. The van der Waals surface area contributed by atoms with Crippen molar-refractivity contribution >= 4 is 20.2 Å². The topological polar surface area (TPSA) is 109 Å². The molecular weight excluding hydrogens is 364 g/mol. The monoisotopic (exact) mass is 400 g/mol. The second-order valence-corrected chi connectivity index (χ2v) is 12.6. The van der Waals surface area contributed by atoms with Crippen LogP contribution in [-0.2, 0) is 20.2 Å². The zero-order valence-electron chi connectivity index (χ0n) is 16.8. The van der Waals surface area contributed by atoms with Gasteiger partial charge in [0.15, 0.2) is 0 Å². The molecule has 152 valence electrons. The van der Waals surface area contributed by atoms with Crippen LogP contribution >= 0.6 is 0 Å². The molecule has 0 radical (unpaired) electrons. The van der Waals surface area contributed by atoms with Crippen molar-refractivity contribution < 1.29 is 25.9 Å². The number of hydrogen-bond acceptors (Lipinski definition) is 4. The lowest BCUT2D eigenvalue weighted by Crippen LogP contribution is -2.63. The van der Waals surface area contributed by atoms with Gasteiger partial charge >= 0.3 is 0 Å². The molecule has 0 amide bonds. The van der Waals surface area contributed by atoms with E-state index < -0.39 is 47.0 Å². The van der Waals surface area contributed by atoms with E-state index in [9.17, 15) is 25.9 Å². The van der Waals surface area contributed by atoms with Gasteiger partial charge in [0.2, 0.25) is 4.08 Å². The summed E-state index contributed by atoms with van der Waals surface area (Å²) < 4.78 is 68.3. The molecule has 0 saturated heterocycles. The van der Waals surface area contributed by atoms with Gasteiger partial charge in [0.25, 0.3) is 20.2 Å². The lowest BCUT2D eigenvalue weighted by atomic mass is 9.66. The highest BCUT2D eigenvalue weighted by atomic mass is 32.3. The highest BCUT2D eigenvalue weighted by Gasteiger charge is 2.68. The van der Waals surface area contributed by atoms with Gasteiger partial charge in [-0.2, -0.15) is 16.8 Å². The first-order valence-corrected chi connectivity index (χ1v) is 11.7. The molecule has 0 spiro atoms. The van der Waals surface area contributed by atoms with E-state index in [4.69, 9.17) is 0 Å². The summed E-state index contributed by atoms with van der Waals surface area (Å²) in [4.78, 5) is 0. The van der Waals surface area contributed by atoms with Crippen molar-refractivity contribution in [1.82, 2.24) is 0 Å². The van der Waals surface area contributed by atoms with Gasteiger partial charge in [-0.3, -0.25) is 9.11 Å². The molecule has 0 aliphatic rings. The van der Waals surface area contributed by atoms with Crippen molar-refractivity contribution in [3.63, 3.8) is 0 Å². The van der Waals surface area contributed by atoms with Crippen LogP contribution in [0.1, 0.15) is 81.1 Å². The Hall–Kier alpha value is -0.180. The third-order valence-corrected chi connectivity index (χ3v) is 9.04. The zero-order valence-corrected chi connectivity index (χ0v) is 18.5. The summed E-state index contributed by atoms with van der Waals surface area (Å²) in [5.41, 5.74) is -1.53. The summed E-state index contributed by atoms with van der Waals surface area (Å²) in [6.07, 6.45) is 1.55. The third-order valence-electron chi connectivity index (χ3n) is 5.02. The summed E-state index contributed by atoms with van der Waals surface area (Å²) in [5.74, 6) is -1.93. The predicted molar refractivity (Wildman–Crippen MR) is 102 cm³/mol. The Balaban J connectivity index is 7.31. The van der Waals surface area contributed by atoms with Crippen molar-refractivity contribution in [2.24, 2.45) is 22.7 Å². The minimum atomic E-state index is -5.13. The minimum Gasteiger partial charge on any atom is -0.284 e. The maximum Gasteiger partial charge on any atom is 0.288 e. The minimum absolute atomic E-state index is 0.249. The van der Waals surface area contributed by atoms with Gasteiger partial charge in [0.1, 0.15) is 0 Å². The average Bonchev–Trinajstić information content (AvgIpc) is 2.31. The number of rotatable bonds is 8. The summed E-state index contributed by atoms with van der Waals surface area (Å²) in [6.45, 7) is 14.1. The first-order chi connectivity index (χ1) is 10.9. The standard InChI is InChI=1S/C17H36O6S2/c1-9-11-13(15(3,4)5)17(24(18,19)20,25(21,22)23)14(12-10-2)16(6,7)8/h13-14H,9-12H2,1-8H3,(H,18,19,20)(H,21,22,23). The van der Waals surface area contributed by atoms with Gasteiger partial charge in [-0.05, 0) is 23.7 Å². The molecule has 0 aromatic rings. The molecule has 8 heteroatoms.